The van der Waals surface area contributed by atoms with Crippen LogP contribution in [0.3, 0.4) is 0 Å². The van der Waals surface area contributed by atoms with Gasteiger partial charge in [-0.25, -0.2) is 0 Å². The quantitative estimate of drug-likeness (QED) is 0.363. The molecule has 0 unspecified atom stereocenters. The fourth-order valence-electron chi connectivity index (χ4n) is 3.14. The van der Waals surface area contributed by atoms with Gasteiger partial charge in [-0.15, -0.1) is 11.3 Å². The fraction of sp³-hybridized carbons (Fsp3) is 0. The van der Waals surface area contributed by atoms with Gasteiger partial charge in [-0.2, -0.15) is 0 Å². The van der Waals surface area contributed by atoms with E-state index in [-0.39, 0.29) is 0 Å². The third-order valence-electron chi connectivity index (χ3n) is 4.49. The molecule has 0 N–H and O–H groups in total. The zero-order valence-electron chi connectivity index (χ0n) is 14.2. The van der Waals surface area contributed by atoms with Gasteiger partial charge < -0.3 is 0 Å². The standard InChI is InChI=1S/C24H17BrS/c1-3-5-23-16(2)21-6-4-7-22(24(21)26-23)19-10-8-17(9-11-19)18-12-14-20(25)15-13-18/h3-15H,1-2H2/b23-5+. The van der Waals surface area contributed by atoms with Crippen LogP contribution in [0.1, 0.15) is 0 Å². The second-order valence-corrected chi connectivity index (χ2v) is 8.08. The number of fused-ring (bicyclic) bond motifs is 1. The van der Waals surface area contributed by atoms with E-state index >= 15 is 0 Å². The minimum absolute atomic E-state index is 1.08. The van der Waals surface area contributed by atoms with Crippen LogP contribution in [-0.2, 0) is 0 Å². The van der Waals surface area contributed by atoms with Crippen molar-refractivity contribution in [2.75, 3.05) is 0 Å². The highest BCUT2D eigenvalue weighted by Gasteiger charge is 2.08. The molecule has 3 aromatic carbocycles. The van der Waals surface area contributed by atoms with Crippen molar-refractivity contribution in [2.45, 2.75) is 0 Å². The van der Waals surface area contributed by atoms with E-state index in [0.29, 0.717) is 0 Å². The minimum Gasteiger partial charge on any atom is -0.135 e. The Kier molecular flexibility index (Phi) is 4.62. The van der Waals surface area contributed by atoms with Gasteiger partial charge in [-0.05, 0) is 45.7 Å². The van der Waals surface area contributed by atoms with E-state index in [9.17, 15) is 0 Å². The van der Waals surface area contributed by atoms with Crippen LogP contribution in [0.2, 0.25) is 0 Å². The smallest absolute Gasteiger partial charge is 0.0433 e. The van der Waals surface area contributed by atoms with Crippen LogP contribution < -0.4 is 9.75 Å². The largest absolute Gasteiger partial charge is 0.135 e. The topological polar surface area (TPSA) is 0 Å². The summed E-state index contributed by atoms with van der Waals surface area (Å²) in [6, 6.07) is 23.6. The number of hydrogen-bond donors (Lipinski definition) is 0. The first-order chi connectivity index (χ1) is 12.7. The SMILES string of the molecule is C=C/C=c1/sc2c(-c3ccc(-c4ccc(Br)cc4)cc3)cccc2c1=C. The molecule has 0 bridgehead atoms. The maximum absolute atomic E-state index is 4.25. The maximum atomic E-state index is 4.25. The van der Waals surface area contributed by atoms with Gasteiger partial charge in [-0.1, -0.05) is 89.8 Å². The van der Waals surface area contributed by atoms with E-state index in [1.165, 1.54) is 36.9 Å². The van der Waals surface area contributed by atoms with Crippen LogP contribution in [0.15, 0.2) is 83.9 Å². The third-order valence-corrected chi connectivity index (χ3v) is 6.27. The number of allylic oxidation sites excluding steroid dienone is 1. The molecule has 0 saturated heterocycles. The number of thiophene rings is 1. The molecule has 0 atom stereocenters. The second kappa shape index (κ2) is 7.06. The van der Waals surface area contributed by atoms with Gasteiger partial charge in [-0.3, -0.25) is 0 Å². The highest BCUT2D eigenvalue weighted by atomic mass is 79.9. The first-order valence-electron chi connectivity index (χ1n) is 8.37. The Bertz CT molecular complexity index is 1200. The summed E-state index contributed by atoms with van der Waals surface area (Å²) in [5.74, 6) is 0. The second-order valence-electron chi connectivity index (χ2n) is 6.11. The number of benzene rings is 3. The van der Waals surface area contributed by atoms with Crippen LogP contribution in [-0.4, -0.2) is 0 Å². The molecule has 0 radical (unpaired) electrons. The monoisotopic (exact) mass is 416 g/mol. The third kappa shape index (κ3) is 3.07. The van der Waals surface area contributed by atoms with Gasteiger partial charge >= 0.3 is 0 Å². The number of rotatable bonds is 3. The van der Waals surface area contributed by atoms with E-state index in [1.54, 1.807) is 11.3 Å². The van der Waals surface area contributed by atoms with Gasteiger partial charge in [0, 0.05) is 19.1 Å². The van der Waals surface area contributed by atoms with Crippen molar-refractivity contribution < 1.29 is 0 Å². The van der Waals surface area contributed by atoms with Crippen LogP contribution in [0.4, 0.5) is 0 Å². The predicted octanol–water partition coefficient (Wildman–Crippen LogP) is 6.37. The number of hydrogen-bond acceptors (Lipinski definition) is 1. The summed E-state index contributed by atoms with van der Waals surface area (Å²) in [4.78, 5) is 0. The van der Waals surface area contributed by atoms with Crippen molar-refractivity contribution in [1.29, 1.82) is 0 Å². The Morgan fingerprint density at radius 2 is 1.42 bits per heavy atom. The normalized spacial score (nSPS) is 11.8. The lowest BCUT2D eigenvalue weighted by Gasteiger charge is -2.06. The summed E-state index contributed by atoms with van der Waals surface area (Å²) in [7, 11) is 0. The molecule has 2 heteroatoms. The lowest BCUT2D eigenvalue weighted by atomic mass is 9.99. The zero-order chi connectivity index (χ0) is 18.1. The highest BCUT2D eigenvalue weighted by Crippen LogP contribution is 2.31. The molecule has 0 amide bonds. The van der Waals surface area contributed by atoms with Gasteiger partial charge in [0.1, 0.15) is 0 Å². The molecule has 126 valence electrons. The van der Waals surface area contributed by atoms with E-state index in [4.69, 9.17) is 0 Å². The molecule has 26 heavy (non-hydrogen) atoms. The molecule has 0 aliphatic carbocycles. The summed E-state index contributed by atoms with van der Waals surface area (Å²) < 4.78 is 3.55. The van der Waals surface area contributed by atoms with Gasteiger partial charge in [0.25, 0.3) is 0 Å². The average molecular weight is 417 g/mol. The zero-order valence-corrected chi connectivity index (χ0v) is 16.6. The molecular formula is C24H17BrS. The van der Waals surface area contributed by atoms with Crippen molar-refractivity contribution in [2.24, 2.45) is 0 Å². The molecule has 0 aliphatic rings. The number of halogens is 1. The van der Waals surface area contributed by atoms with Gasteiger partial charge in [0.15, 0.2) is 0 Å². The Balaban J connectivity index is 1.82. The van der Waals surface area contributed by atoms with Crippen LogP contribution in [0.25, 0.3) is 45.0 Å². The van der Waals surface area contributed by atoms with Crippen molar-refractivity contribution in [3.8, 4) is 22.3 Å². The molecule has 0 spiro atoms. The lowest BCUT2D eigenvalue weighted by molar-refractivity contribution is 1.59. The van der Waals surface area contributed by atoms with Crippen molar-refractivity contribution in [3.05, 3.63) is 93.6 Å². The Labute approximate surface area is 165 Å². The molecule has 0 aliphatic heterocycles. The van der Waals surface area contributed by atoms with Crippen LogP contribution in [0, 0.1) is 0 Å². The van der Waals surface area contributed by atoms with Crippen LogP contribution in [0.5, 0.6) is 0 Å². The van der Waals surface area contributed by atoms with Crippen molar-refractivity contribution in [1.82, 2.24) is 0 Å². The highest BCUT2D eigenvalue weighted by molar-refractivity contribution is 9.10. The lowest BCUT2D eigenvalue weighted by Crippen LogP contribution is -2.15. The van der Waals surface area contributed by atoms with E-state index in [2.05, 4.69) is 95.8 Å². The van der Waals surface area contributed by atoms with E-state index in [0.717, 1.165) is 9.69 Å². The molecule has 1 heterocycles. The summed E-state index contributed by atoms with van der Waals surface area (Å²) in [6.07, 6.45) is 3.86. The molecule has 1 aromatic heterocycles. The molecule has 0 fully saturated rings. The predicted molar refractivity (Wildman–Crippen MR) is 120 cm³/mol. The van der Waals surface area contributed by atoms with E-state index in [1.807, 2.05) is 12.2 Å². The Morgan fingerprint density at radius 3 is 2.08 bits per heavy atom. The molecule has 4 aromatic rings. The summed E-state index contributed by atoms with van der Waals surface area (Å²) in [5, 5.41) is 2.30. The Morgan fingerprint density at radius 1 is 0.808 bits per heavy atom. The summed E-state index contributed by atoms with van der Waals surface area (Å²) in [5.41, 5.74) is 4.92. The van der Waals surface area contributed by atoms with Crippen molar-refractivity contribution in [3.63, 3.8) is 0 Å². The molecule has 4 rings (SSSR count). The molecular weight excluding hydrogens is 400 g/mol. The minimum atomic E-state index is 1.08. The molecule has 0 saturated carbocycles. The first kappa shape index (κ1) is 17.0. The van der Waals surface area contributed by atoms with Crippen molar-refractivity contribution >= 4 is 50.0 Å². The summed E-state index contributed by atoms with van der Waals surface area (Å²) in [6.45, 7) is 8.06. The first-order valence-corrected chi connectivity index (χ1v) is 9.98. The van der Waals surface area contributed by atoms with Gasteiger partial charge in [0.2, 0.25) is 0 Å². The summed E-state index contributed by atoms with van der Waals surface area (Å²) >= 11 is 5.27. The fourth-order valence-corrected chi connectivity index (χ4v) is 4.62. The molecule has 0 nitrogen and oxygen atoms in total. The van der Waals surface area contributed by atoms with E-state index < -0.39 is 0 Å². The average Bonchev–Trinajstić information content (AvgIpc) is 2.99. The Hall–Kier alpha value is -2.42. The van der Waals surface area contributed by atoms with Crippen LogP contribution >= 0.6 is 27.3 Å². The van der Waals surface area contributed by atoms with Gasteiger partial charge in [0.05, 0.1) is 0 Å². The maximum Gasteiger partial charge on any atom is 0.0433 e.